The van der Waals surface area contributed by atoms with Crippen LogP contribution in [0.15, 0.2) is 41.0 Å². The van der Waals surface area contributed by atoms with Gasteiger partial charge in [-0.15, -0.1) is 0 Å². The number of rotatable bonds is 3. The predicted octanol–water partition coefficient (Wildman–Crippen LogP) is 2.84. The molecule has 0 spiro atoms. The molecule has 0 radical (unpaired) electrons. The average Bonchev–Trinajstić information content (AvgIpc) is 2.93. The molecule has 2 aromatic rings. The Bertz CT molecular complexity index is 636. The predicted molar refractivity (Wildman–Crippen MR) is 83.8 cm³/mol. The number of carbonyl (C=O) groups excluding carboxylic acids is 2. The number of amides is 2. The first-order valence-electron chi connectivity index (χ1n) is 5.85. The Kier molecular flexibility index (Phi) is 4.43. The summed E-state index contributed by atoms with van der Waals surface area (Å²) in [5, 5.41) is 2.69. The minimum Gasteiger partial charge on any atom is -0.459 e. The number of benzene rings is 1. The summed E-state index contributed by atoms with van der Waals surface area (Å²) in [6.45, 7) is 0. The Morgan fingerprint density at radius 3 is 2.60 bits per heavy atom. The van der Waals surface area contributed by atoms with Crippen LogP contribution in [-0.2, 0) is 0 Å². The van der Waals surface area contributed by atoms with E-state index in [9.17, 15) is 9.59 Å². The smallest absolute Gasteiger partial charge is 0.291 e. The van der Waals surface area contributed by atoms with Gasteiger partial charge in [-0.05, 0) is 52.9 Å². The fraction of sp³-hybridized carbons (Fsp3) is 0.143. The van der Waals surface area contributed by atoms with E-state index in [1.54, 1.807) is 38.4 Å². The highest BCUT2D eigenvalue weighted by atomic mass is 127. The third-order valence-corrected chi connectivity index (χ3v) is 3.28. The molecule has 1 aromatic heterocycles. The van der Waals surface area contributed by atoms with E-state index in [1.165, 1.54) is 11.2 Å². The van der Waals surface area contributed by atoms with Crippen molar-refractivity contribution in [3.63, 3.8) is 0 Å². The number of halogens is 1. The molecule has 0 aliphatic heterocycles. The van der Waals surface area contributed by atoms with Crippen molar-refractivity contribution in [2.24, 2.45) is 0 Å². The number of nitrogens with one attached hydrogen (secondary N) is 1. The highest BCUT2D eigenvalue weighted by Gasteiger charge is 2.17. The van der Waals surface area contributed by atoms with Crippen molar-refractivity contribution in [2.45, 2.75) is 0 Å². The van der Waals surface area contributed by atoms with Gasteiger partial charge in [-0.2, -0.15) is 0 Å². The fourth-order valence-electron chi connectivity index (χ4n) is 1.63. The average molecular weight is 384 g/mol. The van der Waals surface area contributed by atoms with Gasteiger partial charge >= 0.3 is 0 Å². The lowest BCUT2D eigenvalue weighted by Gasteiger charge is -2.14. The zero-order valence-corrected chi connectivity index (χ0v) is 13.2. The van der Waals surface area contributed by atoms with Crippen LogP contribution >= 0.6 is 22.6 Å². The van der Waals surface area contributed by atoms with Crippen LogP contribution < -0.4 is 5.32 Å². The summed E-state index contributed by atoms with van der Waals surface area (Å²) in [7, 11) is 3.33. The molecule has 2 rings (SSSR count). The van der Waals surface area contributed by atoms with Crippen molar-refractivity contribution >= 4 is 40.1 Å². The molecule has 1 N–H and O–H groups in total. The lowest BCUT2D eigenvalue weighted by atomic mass is 10.1. The van der Waals surface area contributed by atoms with E-state index in [1.807, 2.05) is 6.07 Å². The molecule has 0 saturated heterocycles. The first kappa shape index (κ1) is 14.6. The van der Waals surface area contributed by atoms with Gasteiger partial charge in [0.1, 0.15) is 0 Å². The maximum Gasteiger partial charge on any atom is 0.291 e. The highest BCUT2D eigenvalue weighted by molar-refractivity contribution is 14.1. The normalized spacial score (nSPS) is 10.2. The molecule has 0 fully saturated rings. The monoisotopic (exact) mass is 384 g/mol. The highest BCUT2D eigenvalue weighted by Crippen LogP contribution is 2.21. The molecule has 6 heteroatoms. The maximum atomic E-state index is 12.1. The van der Waals surface area contributed by atoms with Gasteiger partial charge in [0.15, 0.2) is 5.76 Å². The van der Waals surface area contributed by atoms with Gasteiger partial charge in [-0.25, -0.2) is 0 Å². The van der Waals surface area contributed by atoms with Gasteiger partial charge < -0.3 is 14.6 Å². The zero-order chi connectivity index (χ0) is 14.7. The minimum atomic E-state index is -0.385. The topological polar surface area (TPSA) is 62.6 Å². The molecule has 0 atom stereocenters. The van der Waals surface area contributed by atoms with Crippen molar-refractivity contribution < 1.29 is 14.0 Å². The summed E-state index contributed by atoms with van der Waals surface area (Å²) >= 11 is 2.12. The Morgan fingerprint density at radius 1 is 1.25 bits per heavy atom. The lowest BCUT2D eigenvalue weighted by Crippen LogP contribution is -2.24. The zero-order valence-electron chi connectivity index (χ0n) is 11.0. The van der Waals surface area contributed by atoms with Crippen LogP contribution in [0, 0.1) is 3.57 Å². The molecule has 5 nitrogen and oxygen atoms in total. The quantitative estimate of drug-likeness (QED) is 0.828. The molecule has 0 unspecified atom stereocenters. The molecule has 1 aromatic carbocycles. The molecule has 104 valence electrons. The van der Waals surface area contributed by atoms with Crippen LogP contribution in [0.3, 0.4) is 0 Å². The number of anilines is 1. The molecule has 1 heterocycles. The third-order valence-electron chi connectivity index (χ3n) is 2.61. The summed E-state index contributed by atoms with van der Waals surface area (Å²) in [5.41, 5.74) is 0.910. The van der Waals surface area contributed by atoms with E-state index >= 15 is 0 Å². The summed E-state index contributed by atoms with van der Waals surface area (Å²) in [6.07, 6.45) is 1.43. The number of furan rings is 1. The van der Waals surface area contributed by atoms with Gasteiger partial charge in [-0.1, -0.05) is 0 Å². The molecular formula is C14H13IN2O3. The van der Waals surface area contributed by atoms with Crippen LogP contribution in [-0.4, -0.2) is 30.8 Å². The Hall–Kier alpha value is -1.83. The molecular weight excluding hydrogens is 371 g/mol. The SMILES string of the molecule is CN(C)C(=O)c1cc(I)ccc1NC(=O)c1ccco1. The van der Waals surface area contributed by atoms with Crippen molar-refractivity contribution in [1.82, 2.24) is 4.90 Å². The van der Waals surface area contributed by atoms with Crippen molar-refractivity contribution in [3.8, 4) is 0 Å². The second kappa shape index (κ2) is 6.08. The summed E-state index contributed by atoms with van der Waals surface area (Å²) < 4.78 is 5.95. The molecule has 2 amide bonds. The molecule has 0 aliphatic carbocycles. The largest absolute Gasteiger partial charge is 0.459 e. The minimum absolute atomic E-state index is 0.168. The molecule has 0 bridgehead atoms. The second-order valence-electron chi connectivity index (χ2n) is 4.32. The van der Waals surface area contributed by atoms with E-state index < -0.39 is 0 Å². The van der Waals surface area contributed by atoms with Gasteiger partial charge in [0, 0.05) is 17.7 Å². The van der Waals surface area contributed by atoms with E-state index in [2.05, 4.69) is 27.9 Å². The summed E-state index contributed by atoms with van der Waals surface area (Å²) in [5.74, 6) is -0.353. The van der Waals surface area contributed by atoms with Gasteiger partial charge in [-0.3, -0.25) is 9.59 Å². The van der Waals surface area contributed by atoms with Crippen LogP contribution in [0.25, 0.3) is 0 Å². The first-order chi connectivity index (χ1) is 9.49. The van der Waals surface area contributed by atoms with Crippen molar-refractivity contribution in [3.05, 3.63) is 51.5 Å². The van der Waals surface area contributed by atoms with E-state index in [4.69, 9.17) is 4.42 Å². The number of carbonyl (C=O) groups is 2. The second-order valence-corrected chi connectivity index (χ2v) is 5.57. The standard InChI is InChI=1S/C14H13IN2O3/c1-17(2)14(19)10-8-9(15)5-6-11(10)16-13(18)12-4-3-7-20-12/h3-8H,1-2H3,(H,16,18). The first-order valence-corrected chi connectivity index (χ1v) is 6.93. The third kappa shape index (κ3) is 3.19. The number of hydrogen-bond donors (Lipinski definition) is 1. The van der Waals surface area contributed by atoms with Crippen LogP contribution in [0.2, 0.25) is 0 Å². The maximum absolute atomic E-state index is 12.1. The van der Waals surface area contributed by atoms with E-state index in [-0.39, 0.29) is 17.6 Å². The Labute approximate surface area is 130 Å². The van der Waals surface area contributed by atoms with Gasteiger partial charge in [0.25, 0.3) is 11.8 Å². The van der Waals surface area contributed by atoms with Crippen molar-refractivity contribution in [1.29, 1.82) is 0 Å². The lowest BCUT2D eigenvalue weighted by molar-refractivity contribution is 0.0828. The molecule has 0 saturated carbocycles. The molecule has 0 aliphatic rings. The van der Waals surface area contributed by atoms with Crippen LogP contribution in [0.4, 0.5) is 5.69 Å². The fourth-order valence-corrected chi connectivity index (χ4v) is 2.13. The van der Waals surface area contributed by atoms with Crippen LogP contribution in [0.1, 0.15) is 20.9 Å². The van der Waals surface area contributed by atoms with E-state index in [0.29, 0.717) is 11.3 Å². The van der Waals surface area contributed by atoms with E-state index in [0.717, 1.165) is 3.57 Å². The van der Waals surface area contributed by atoms with Gasteiger partial charge in [0.2, 0.25) is 0 Å². The van der Waals surface area contributed by atoms with Gasteiger partial charge in [0.05, 0.1) is 17.5 Å². The number of hydrogen-bond acceptors (Lipinski definition) is 3. The Balaban J connectivity index is 2.32. The van der Waals surface area contributed by atoms with Crippen molar-refractivity contribution in [2.75, 3.05) is 19.4 Å². The number of nitrogens with zero attached hydrogens (tertiary/aromatic N) is 1. The summed E-state index contributed by atoms with van der Waals surface area (Å²) in [6, 6.07) is 8.47. The van der Waals surface area contributed by atoms with Crippen LogP contribution in [0.5, 0.6) is 0 Å². The molecule has 20 heavy (non-hydrogen) atoms. The summed E-state index contributed by atoms with van der Waals surface area (Å²) in [4.78, 5) is 25.6. The Morgan fingerprint density at radius 2 is 2.00 bits per heavy atom.